The first-order chi connectivity index (χ1) is 3.39. The molecule has 3 heteroatoms. The van der Waals surface area contributed by atoms with Crippen LogP contribution in [0.4, 0.5) is 0 Å². The van der Waals surface area contributed by atoms with E-state index in [0.717, 1.165) is 0 Å². The summed E-state index contributed by atoms with van der Waals surface area (Å²) in [5, 5.41) is 13.8. The first-order valence-corrected chi connectivity index (χ1v) is 2.01. The minimum atomic E-state index is -0.157. The van der Waals surface area contributed by atoms with Crippen molar-refractivity contribution in [2.75, 3.05) is 13.2 Å². The average molecular weight is 103 g/mol. The Balaban J connectivity index is 0.000000162. The van der Waals surface area contributed by atoms with Gasteiger partial charge in [-0.25, -0.2) is 0 Å². The van der Waals surface area contributed by atoms with Crippen molar-refractivity contribution in [1.29, 1.82) is 5.41 Å². The smallest absolute Gasteiger partial charge is 0.101 e. The Morgan fingerprint density at radius 2 is 1.86 bits per heavy atom. The topological polar surface area (TPSA) is 53.3 Å². The van der Waals surface area contributed by atoms with Gasteiger partial charge in [0.1, 0.15) is 6.10 Å². The SMILES string of the molecule is C=N.OC1COC1. The Morgan fingerprint density at radius 1 is 1.57 bits per heavy atom. The Labute approximate surface area is 42.4 Å². The van der Waals surface area contributed by atoms with Crippen molar-refractivity contribution in [3.05, 3.63) is 0 Å². The van der Waals surface area contributed by atoms with E-state index in [2.05, 4.69) is 11.5 Å². The van der Waals surface area contributed by atoms with E-state index in [1.165, 1.54) is 0 Å². The summed E-state index contributed by atoms with van der Waals surface area (Å²) in [6.07, 6.45) is -0.157. The van der Waals surface area contributed by atoms with Crippen LogP contribution in [0.25, 0.3) is 0 Å². The number of rotatable bonds is 0. The largest absolute Gasteiger partial charge is 0.388 e. The summed E-state index contributed by atoms with van der Waals surface area (Å²) >= 11 is 0. The van der Waals surface area contributed by atoms with Crippen LogP contribution < -0.4 is 0 Å². The van der Waals surface area contributed by atoms with E-state index in [-0.39, 0.29) is 6.10 Å². The molecular formula is C4H9NO2. The monoisotopic (exact) mass is 103 g/mol. The minimum absolute atomic E-state index is 0.157. The molecule has 0 aromatic rings. The van der Waals surface area contributed by atoms with E-state index >= 15 is 0 Å². The lowest BCUT2D eigenvalue weighted by Crippen LogP contribution is -2.32. The van der Waals surface area contributed by atoms with Gasteiger partial charge in [0.05, 0.1) is 13.2 Å². The Bertz CT molecular complexity index is 45.0. The maximum atomic E-state index is 8.32. The molecule has 0 aromatic carbocycles. The van der Waals surface area contributed by atoms with Crippen LogP contribution in [0.3, 0.4) is 0 Å². The van der Waals surface area contributed by atoms with E-state index in [4.69, 9.17) is 10.5 Å². The molecule has 0 radical (unpaired) electrons. The van der Waals surface area contributed by atoms with Gasteiger partial charge in [-0.2, -0.15) is 0 Å². The molecule has 1 saturated heterocycles. The van der Waals surface area contributed by atoms with Gasteiger partial charge in [-0.3, -0.25) is 0 Å². The van der Waals surface area contributed by atoms with Gasteiger partial charge >= 0.3 is 0 Å². The van der Waals surface area contributed by atoms with Gasteiger partial charge in [0.15, 0.2) is 0 Å². The van der Waals surface area contributed by atoms with Crippen LogP contribution in [0.1, 0.15) is 0 Å². The number of hydrogen-bond donors (Lipinski definition) is 2. The highest BCUT2D eigenvalue weighted by Crippen LogP contribution is 1.96. The van der Waals surface area contributed by atoms with Crippen molar-refractivity contribution in [3.8, 4) is 0 Å². The predicted molar refractivity (Wildman–Crippen MR) is 26.7 cm³/mol. The second-order valence-electron chi connectivity index (χ2n) is 1.19. The van der Waals surface area contributed by atoms with Gasteiger partial charge in [-0.05, 0) is 6.72 Å². The van der Waals surface area contributed by atoms with Gasteiger partial charge in [0.2, 0.25) is 0 Å². The molecule has 0 aliphatic carbocycles. The zero-order valence-corrected chi connectivity index (χ0v) is 4.05. The summed E-state index contributed by atoms with van der Waals surface area (Å²) in [5.74, 6) is 0. The third kappa shape index (κ3) is 2.31. The van der Waals surface area contributed by atoms with Crippen molar-refractivity contribution in [1.82, 2.24) is 0 Å². The van der Waals surface area contributed by atoms with E-state index in [1.807, 2.05) is 0 Å². The molecule has 42 valence electrons. The van der Waals surface area contributed by atoms with Crippen molar-refractivity contribution >= 4 is 6.72 Å². The average Bonchev–Trinajstić information content (AvgIpc) is 1.68. The Kier molecular flexibility index (Phi) is 3.55. The van der Waals surface area contributed by atoms with E-state index in [0.29, 0.717) is 13.2 Å². The molecule has 0 aromatic heterocycles. The number of aliphatic hydroxyl groups excluding tert-OH is 1. The third-order valence-electron chi connectivity index (χ3n) is 0.620. The van der Waals surface area contributed by atoms with Gasteiger partial charge in [0, 0.05) is 0 Å². The summed E-state index contributed by atoms with van der Waals surface area (Å²) in [6, 6.07) is 0. The number of hydrogen-bond acceptors (Lipinski definition) is 3. The molecule has 1 rings (SSSR count). The summed E-state index contributed by atoms with van der Waals surface area (Å²) in [4.78, 5) is 0. The highest BCUT2D eigenvalue weighted by Gasteiger charge is 2.12. The van der Waals surface area contributed by atoms with Crippen molar-refractivity contribution in [2.45, 2.75) is 6.10 Å². The second kappa shape index (κ2) is 3.77. The quantitative estimate of drug-likeness (QED) is 0.411. The summed E-state index contributed by atoms with van der Waals surface area (Å²) in [6.45, 7) is 3.58. The zero-order chi connectivity index (χ0) is 5.70. The molecule has 0 spiro atoms. The summed E-state index contributed by atoms with van der Waals surface area (Å²) < 4.78 is 4.58. The number of ether oxygens (including phenoxy) is 1. The van der Waals surface area contributed by atoms with Gasteiger partial charge in [0.25, 0.3) is 0 Å². The third-order valence-corrected chi connectivity index (χ3v) is 0.620. The summed E-state index contributed by atoms with van der Waals surface area (Å²) in [7, 11) is 0. The molecule has 3 nitrogen and oxygen atoms in total. The van der Waals surface area contributed by atoms with Gasteiger partial charge in [-0.15, -0.1) is 0 Å². The minimum Gasteiger partial charge on any atom is -0.388 e. The lowest BCUT2D eigenvalue weighted by Gasteiger charge is -2.18. The number of aliphatic hydroxyl groups is 1. The lowest BCUT2D eigenvalue weighted by atomic mass is 10.3. The maximum Gasteiger partial charge on any atom is 0.101 e. The molecule has 0 bridgehead atoms. The fraction of sp³-hybridized carbons (Fsp3) is 0.750. The van der Waals surface area contributed by atoms with Gasteiger partial charge < -0.3 is 15.3 Å². The van der Waals surface area contributed by atoms with Crippen molar-refractivity contribution < 1.29 is 9.84 Å². The first kappa shape index (κ1) is 6.59. The fourth-order valence-electron chi connectivity index (χ4n) is 0.223. The Morgan fingerprint density at radius 3 is 1.86 bits per heavy atom. The van der Waals surface area contributed by atoms with Crippen molar-refractivity contribution in [3.63, 3.8) is 0 Å². The molecule has 1 aliphatic heterocycles. The predicted octanol–water partition coefficient (Wildman–Crippen LogP) is -0.357. The Hall–Kier alpha value is -0.410. The molecule has 1 heterocycles. The highest BCUT2D eigenvalue weighted by atomic mass is 16.5. The van der Waals surface area contributed by atoms with Crippen LogP contribution >= 0.6 is 0 Å². The molecule has 0 saturated carbocycles. The lowest BCUT2D eigenvalue weighted by molar-refractivity contribution is -0.0936. The van der Waals surface area contributed by atoms with E-state index in [1.54, 1.807) is 0 Å². The second-order valence-corrected chi connectivity index (χ2v) is 1.19. The molecule has 1 fully saturated rings. The molecule has 0 atom stereocenters. The van der Waals surface area contributed by atoms with Crippen LogP contribution in [0, 0.1) is 5.41 Å². The standard InChI is InChI=1S/C3H6O2.CH3N/c4-3-1-5-2-3;1-2/h3-4H,1-2H2;2H,1H2. The van der Waals surface area contributed by atoms with Crippen molar-refractivity contribution in [2.24, 2.45) is 0 Å². The zero-order valence-electron chi connectivity index (χ0n) is 4.05. The molecule has 0 amide bonds. The molecule has 0 unspecified atom stereocenters. The van der Waals surface area contributed by atoms with Crippen LogP contribution in [0.5, 0.6) is 0 Å². The van der Waals surface area contributed by atoms with E-state index in [9.17, 15) is 0 Å². The number of nitrogens with one attached hydrogen (secondary N) is 1. The normalized spacial score (nSPS) is 19.0. The molecule has 2 N–H and O–H groups in total. The summed E-state index contributed by atoms with van der Waals surface area (Å²) in [5.41, 5.74) is 0. The first-order valence-electron chi connectivity index (χ1n) is 2.01. The van der Waals surface area contributed by atoms with Crippen LogP contribution in [0.2, 0.25) is 0 Å². The fourth-order valence-corrected chi connectivity index (χ4v) is 0.223. The van der Waals surface area contributed by atoms with Crippen LogP contribution in [-0.4, -0.2) is 31.1 Å². The molecular weight excluding hydrogens is 94.0 g/mol. The van der Waals surface area contributed by atoms with Crippen LogP contribution in [-0.2, 0) is 4.74 Å². The van der Waals surface area contributed by atoms with E-state index < -0.39 is 0 Å². The van der Waals surface area contributed by atoms with Gasteiger partial charge in [-0.1, -0.05) is 0 Å². The molecule has 1 aliphatic rings. The van der Waals surface area contributed by atoms with Crippen LogP contribution in [0.15, 0.2) is 0 Å². The highest BCUT2D eigenvalue weighted by molar-refractivity contribution is 5.15. The molecule has 7 heavy (non-hydrogen) atoms. The maximum absolute atomic E-state index is 8.32.